The Hall–Kier alpha value is -1.20. The van der Waals surface area contributed by atoms with Crippen LogP contribution in [0.4, 0.5) is 0 Å². The van der Waals surface area contributed by atoms with Crippen molar-refractivity contribution in [3.8, 4) is 17.2 Å². The van der Waals surface area contributed by atoms with E-state index in [4.69, 9.17) is 4.74 Å². The highest BCUT2D eigenvalue weighted by Gasteiger charge is 2.21. The van der Waals surface area contributed by atoms with E-state index in [0.717, 1.165) is 23.8 Å². The van der Waals surface area contributed by atoms with Crippen molar-refractivity contribution >= 4 is 8.07 Å². The van der Waals surface area contributed by atoms with Gasteiger partial charge >= 0.3 is 0 Å². The van der Waals surface area contributed by atoms with Crippen molar-refractivity contribution in [1.82, 2.24) is 0 Å². The number of rotatable bonds is 3. The Balaban J connectivity index is 1.93. The fourth-order valence-electron chi connectivity index (χ4n) is 1.39. The molecule has 2 heteroatoms. The molecular formula is C15H20OSi. The molecule has 1 fully saturated rings. The molecule has 1 aliphatic carbocycles. The minimum atomic E-state index is -1.27. The zero-order chi connectivity index (χ0) is 12.3. The molecule has 1 aromatic carbocycles. The first kappa shape index (κ1) is 12.3. The second-order valence-electron chi connectivity index (χ2n) is 5.78. The maximum Gasteiger partial charge on any atom is 0.129 e. The first-order valence-corrected chi connectivity index (χ1v) is 9.79. The number of benzene rings is 1. The average molecular weight is 244 g/mol. The summed E-state index contributed by atoms with van der Waals surface area (Å²) in [7, 11) is -1.27. The molecule has 2 rings (SSSR count). The molecular weight excluding hydrogens is 224 g/mol. The summed E-state index contributed by atoms with van der Waals surface area (Å²) < 4.78 is 5.69. The van der Waals surface area contributed by atoms with Crippen LogP contribution in [0.1, 0.15) is 18.4 Å². The lowest BCUT2D eigenvalue weighted by Gasteiger charge is -2.05. The molecule has 0 radical (unpaired) electrons. The molecule has 90 valence electrons. The Morgan fingerprint density at radius 1 is 1.18 bits per heavy atom. The molecule has 1 aromatic rings. The van der Waals surface area contributed by atoms with Crippen LogP contribution < -0.4 is 4.74 Å². The highest BCUT2D eigenvalue weighted by molar-refractivity contribution is 6.83. The van der Waals surface area contributed by atoms with Crippen LogP contribution in [0, 0.1) is 17.4 Å². The van der Waals surface area contributed by atoms with Gasteiger partial charge in [-0.05, 0) is 43.0 Å². The fraction of sp³-hybridized carbons (Fsp3) is 0.467. The van der Waals surface area contributed by atoms with E-state index >= 15 is 0 Å². The van der Waals surface area contributed by atoms with Gasteiger partial charge in [-0.1, -0.05) is 25.6 Å². The lowest BCUT2D eigenvalue weighted by Crippen LogP contribution is -2.16. The highest BCUT2D eigenvalue weighted by Crippen LogP contribution is 2.29. The minimum Gasteiger partial charge on any atom is -0.493 e. The van der Waals surface area contributed by atoms with Gasteiger partial charge in [0.1, 0.15) is 13.8 Å². The van der Waals surface area contributed by atoms with Crippen molar-refractivity contribution in [1.29, 1.82) is 0 Å². The van der Waals surface area contributed by atoms with Crippen LogP contribution in [0.15, 0.2) is 24.3 Å². The second kappa shape index (κ2) is 4.97. The molecule has 0 atom stereocenters. The molecule has 0 amide bonds. The molecule has 0 spiro atoms. The van der Waals surface area contributed by atoms with Gasteiger partial charge in [0.05, 0.1) is 6.61 Å². The Morgan fingerprint density at radius 3 is 2.35 bits per heavy atom. The van der Waals surface area contributed by atoms with Crippen LogP contribution in [-0.2, 0) is 0 Å². The lowest BCUT2D eigenvalue weighted by molar-refractivity contribution is 0.300. The third-order valence-corrected chi connectivity index (χ3v) is 3.49. The Morgan fingerprint density at radius 2 is 1.82 bits per heavy atom. The summed E-state index contributed by atoms with van der Waals surface area (Å²) in [6.45, 7) is 7.65. The summed E-state index contributed by atoms with van der Waals surface area (Å²) in [5.41, 5.74) is 4.45. The SMILES string of the molecule is C[Si](C)(C)C#Cc1ccc(OCC2CC2)cc1. The van der Waals surface area contributed by atoms with E-state index in [1.807, 2.05) is 12.1 Å². The molecule has 0 heterocycles. The van der Waals surface area contributed by atoms with E-state index < -0.39 is 8.07 Å². The van der Waals surface area contributed by atoms with E-state index in [9.17, 15) is 0 Å². The number of hydrogen-bond acceptors (Lipinski definition) is 1. The lowest BCUT2D eigenvalue weighted by atomic mass is 10.2. The topological polar surface area (TPSA) is 9.23 Å². The largest absolute Gasteiger partial charge is 0.493 e. The summed E-state index contributed by atoms with van der Waals surface area (Å²) in [6.07, 6.45) is 2.67. The molecule has 0 aliphatic heterocycles. The van der Waals surface area contributed by atoms with Crippen LogP contribution in [0.3, 0.4) is 0 Å². The number of hydrogen-bond donors (Lipinski definition) is 0. The van der Waals surface area contributed by atoms with Gasteiger partial charge < -0.3 is 4.74 Å². The maximum absolute atomic E-state index is 5.69. The zero-order valence-electron chi connectivity index (χ0n) is 10.9. The summed E-state index contributed by atoms with van der Waals surface area (Å²) in [4.78, 5) is 0. The van der Waals surface area contributed by atoms with E-state index in [0.29, 0.717) is 0 Å². The summed E-state index contributed by atoms with van der Waals surface area (Å²) >= 11 is 0. The van der Waals surface area contributed by atoms with E-state index in [1.165, 1.54) is 12.8 Å². The molecule has 0 saturated heterocycles. The molecule has 0 aromatic heterocycles. The first-order chi connectivity index (χ1) is 8.03. The van der Waals surface area contributed by atoms with Gasteiger partial charge in [-0.15, -0.1) is 5.54 Å². The zero-order valence-corrected chi connectivity index (χ0v) is 11.9. The standard InChI is InChI=1S/C15H20OSi/c1-17(2,3)11-10-13-6-8-15(9-7-13)16-12-14-4-5-14/h6-9,14H,4-5,12H2,1-3H3. The summed E-state index contributed by atoms with van der Waals surface area (Å²) in [5, 5.41) is 0. The van der Waals surface area contributed by atoms with Crippen LogP contribution >= 0.6 is 0 Å². The molecule has 17 heavy (non-hydrogen) atoms. The fourth-order valence-corrected chi connectivity index (χ4v) is 1.91. The van der Waals surface area contributed by atoms with Gasteiger partial charge in [0.25, 0.3) is 0 Å². The van der Waals surface area contributed by atoms with Crippen molar-refractivity contribution in [3.05, 3.63) is 29.8 Å². The number of ether oxygens (including phenoxy) is 1. The van der Waals surface area contributed by atoms with Gasteiger partial charge in [0, 0.05) is 5.56 Å². The third-order valence-electron chi connectivity index (χ3n) is 2.62. The van der Waals surface area contributed by atoms with Crippen molar-refractivity contribution in [2.24, 2.45) is 5.92 Å². The smallest absolute Gasteiger partial charge is 0.129 e. The Bertz CT molecular complexity index is 427. The third kappa shape index (κ3) is 4.66. The molecule has 0 N–H and O–H groups in total. The van der Waals surface area contributed by atoms with Crippen molar-refractivity contribution in [3.63, 3.8) is 0 Å². The van der Waals surface area contributed by atoms with Gasteiger partial charge in [-0.25, -0.2) is 0 Å². The van der Waals surface area contributed by atoms with E-state index in [-0.39, 0.29) is 0 Å². The Kier molecular flexibility index (Phi) is 3.59. The highest BCUT2D eigenvalue weighted by atomic mass is 28.3. The average Bonchev–Trinajstić information content (AvgIpc) is 3.08. The normalized spacial score (nSPS) is 15.0. The predicted octanol–water partition coefficient (Wildman–Crippen LogP) is 3.70. The van der Waals surface area contributed by atoms with Gasteiger partial charge in [-0.3, -0.25) is 0 Å². The van der Waals surface area contributed by atoms with Crippen LogP contribution in [-0.4, -0.2) is 14.7 Å². The van der Waals surface area contributed by atoms with E-state index in [2.05, 4.69) is 43.2 Å². The molecule has 1 aliphatic rings. The summed E-state index contributed by atoms with van der Waals surface area (Å²) in [5.74, 6) is 5.02. The van der Waals surface area contributed by atoms with Crippen molar-refractivity contribution < 1.29 is 4.74 Å². The van der Waals surface area contributed by atoms with Gasteiger partial charge in [0.15, 0.2) is 0 Å². The van der Waals surface area contributed by atoms with Crippen molar-refractivity contribution in [2.45, 2.75) is 32.5 Å². The monoisotopic (exact) mass is 244 g/mol. The molecule has 0 bridgehead atoms. The summed E-state index contributed by atoms with van der Waals surface area (Å²) in [6, 6.07) is 8.15. The van der Waals surface area contributed by atoms with Crippen LogP contribution in [0.5, 0.6) is 5.75 Å². The second-order valence-corrected chi connectivity index (χ2v) is 10.5. The van der Waals surface area contributed by atoms with E-state index in [1.54, 1.807) is 0 Å². The maximum atomic E-state index is 5.69. The first-order valence-electron chi connectivity index (χ1n) is 6.29. The minimum absolute atomic E-state index is 0.807. The van der Waals surface area contributed by atoms with Gasteiger partial charge in [-0.2, -0.15) is 0 Å². The quantitative estimate of drug-likeness (QED) is 0.582. The van der Waals surface area contributed by atoms with Crippen LogP contribution in [0.2, 0.25) is 19.6 Å². The predicted molar refractivity (Wildman–Crippen MR) is 74.9 cm³/mol. The Labute approximate surface area is 105 Å². The van der Waals surface area contributed by atoms with Crippen molar-refractivity contribution in [2.75, 3.05) is 6.61 Å². The van der Waals surface area contributed by atoms with Gasteiger partial charge in [0.2, 0.25) is 0 Å². The molecule has 1 nitrogen and oxygen atoms in total. The molecule has 1 saturated carbocycles. The molecule has 0 unspecified atom stereocenters. The van der Waals surface area contributed by atoms with Crippen LogP contribution in [0.25, 0.3) is 0 Å².